The van der Waals surface area contributed by atoms with Crippen LogP contribution in [0.4, 0.5) is 0 Å². The molecule has 0 aliphatic carbocycles. The summed E-state index contributed by atoms with van der Waals surface area (Å²) in [5.41, 5.74) is 9.75. The van der Waals surface area contributed by atoms with E-state index in [9.17, 15) is 19.2 Å². The number of esters is 4. The highest BCUT2D eigenvalue weighted by atomic mass is 33.1. The van der Waals surface area contributed by atoms with Crippen molar-refractivity contribution in [1.82, 2.24) is 4.90 Å². The number of ether oxygens (including phenoxy) is 8. The molecule has 0 amide bonds. The van der Waals surface area contributed by atoms with Gasteiger partial charge in [0.15, 0.2) is 0 Å². The van der Waals surface area contributed by atoms with Crippen LogP contribution in [0.5, 0.6) is 23.0 Å². The zero-order chi connectivity index (χ0) is 63.2. The average molecular weight is 1280 g/mol. The predicted octanol–water partition coefficient (Wildman–Crippen LogP) is 14.2. The molecule has 0 unspecified atom stereocenters. The minimum atomic E-state index is -0.315. The highest BCUT2D eigenvalue weighted by Gasteiger charge is 2.25. The van der Waals surface area contributed by atoms with Gasteiger partial charge in [0.05, 0.1) is 26.6 Å². The van der Waals surface area contributed by atoms with E-state index >= 15 is 0 Å². The Balaban J connectivity index is 0.000000511. The monoisotopic (exact) mass is 1280 g/mol. The van der Waals surface area contributed by atoms with E-state index in [-0.39, 0.29) is 80.6 Å². The lowest BCUT2D eigenvalue weighted by Crippen LogP contribution is -2.31. The maximum atomic E-state index is 12.4. The number of hydrogen-bond acceptors (Lipinski definition) is 19. The molecule has 0 fully saturated rings. The quantitative estimate of drug-likeness (QED) is 0.0183. The van der Waals surface area contributed by atoms with Crippen molar-refractivity contribution in [2.75, 3.05) is 109 Å². The van der Waals surface area contributed by atoms with Crippen LogP contribution in [0.1, 0.15) is 160 Å². The molecule has 3 N–H and O–H groups in total. The second kappa shape index (κ2) is 47.2. The first kappa shape index (κ1) is 76.5. The smallest absolute Gasteiger partial charge is 0.307 e. The van der Waals surface area contributed by atoms with Crippen LogP contribution in [0, 0.1) is 0 Å². The van der Waals surface area contributed by atoms with Crippen LogP contribution in [-0.4, -0.2) is 143 Å². The van der Waals surface area contributed by atoms with E-state index in [0.29, 0.717) is 58.0 Å². The number of hydrogen-bond donors (Lipinski definition) is 2. The number of carbonyl (C=O) groups is 4. The van der Waals surface area contributed by atoms with Gasteiger partial charge in [0.25, 0.3) is 0 Å². The molecular weight excluding hydrogens is 1180 g/mol. The number of methoxy groups -OCH3 is 1. The molecular formula is C68H102N2O13S4. The van der Waals surface area contributed by atoms with Crippen molar-refractivity contribution in [1.29, 1.82) is 0 Å². The molecule has 15 nitrogen and oxygen atoms in total. The number of aliphatic hydroxyl groups is 1. The summed E-state index contributed by atoms with van der Waals surface area (Å²) in [6.45, 7) is 17.4. The molecule has 0 spiro atoms. The van der Waals surface area contributed by atoms with Gasteiger partial charge in [0.2, 0.25) is 0 Å². The molecule has 0 radical (unpaired) electrons. The minimum absolute atomic E-state index is 0.132. The highest BCUT2D eigenvalue weighted by Crippen LogP contribution is 2.35. The van der Waals surface area contributed by atoms with Gasteiger partial charge in [-0.1, -0.05) is 146 Å². The van der Waals surface area contributed by atoms with Crippen molar-refractivity contribution in [3.63, 3.8) is 0 Å². The molecule has 0 saturated heterocycles. The molecule has 0 atom stereocenters. The second-order valence-corrected chi connectivity index (χ2v) is 27.2. The Hall–Kier alpha value is -4.76. The lowest BCUT2D eigenvalue weighted by atomic mass is 9.78. The fraction of sp³-hybridized carbons (Fsp3) is 0.588. The van der Waals surface area contributed by atoms with Crippen molar-refractivity contribution >= 4 is 67.1 Å². The van der Waals surface area contributed by atoms with E-state index in [1.54, 1.807) is 17.9 Å². The summed E-state index contributed by atoms with van der Waals surface area (Å²) in [5, 5.41) is 9.05. The number of nitrogens with zero attached hydrogens (tertiary/aromatic N) is 1. The van der Waals surface area contributed by atoms with Crippen molar-refractivity contribution in [3.8, 4) is 23.0 Å². The molecule has 486 valence electrons. The van der Waals surface area contributed by atoms with Gasteiger partial charge in [0, 0.05) is 72.9 Å². The van der Waals surface area contributed by atoms with Crippen LogP contribution in [0.25, 0.3) is 0 Å². The van der Waals surface area contributed by atoms with Crippen molar-refractivity contribution in [3.05, 3.63) is 119 Å². The third-order valence-corrected chi connectivity index (χ3v) is 19.3. The molecule has 0 heterocycles. The fourth-order valence-electron chi connectivity index (χ4n) is 8.73. The van der Waals surface area contributed by atoms with Crippen LogP contribution in [0.15, 0.2) is 97.1 Å². The Morgan fingerprint density at radius 1 is 0.414 bits per heavy atom. The van der Waals surface area contributed by atoms with Gasteiger partial charge in [-0.15, -0.1) is 0 Å². The van der Waals surface area contributed by atoms with Crippen molar-refractivity contribution in [2.24, 2.45) is 5.73 Å². The molecule has 4 aromatic rings. The zero-order valence-corrected chi connectivity index (χ0v) is 56.4. The number of unbranched alkanes of at least 4 members (excludes halogenated alkanes) is 6. The van der Waals surface area contributed by atoms with Crippen LogP contribution < -0.4 is 24.7 Å². The minimum Gasteiger partial charge on any atom is -0.497 e. The maximum Gasteiger partial charge on any atom is 0.307 e. The van der Waals surface area contributed by atoms with Crippen LogP contribution in [-0.2, 0) is 49.0 Å². The Morgan fingerprint density at radius 3 is 1.14 bits per heavy atom. The first-order valence-electron chi connectivity index (χ1n) is 31.2. The van der Waals surface area contributed by atoms with Gasteiger partial charge in [-0.2, -0.15) is 0 Å². The Labute approximate surface area is 536 Å². The van der Waals surface area contributed by atoms with Crippen molar-refractivity contribution in [2.45, 2.75) is 149 Å². The zero-order valence-electron chi connectivity index (χ0n) is 53.2. The summed E-state index contributed by atoms with van der Waals surface area (Å²) in [6.07, 6.45) is 12.0. The third kappa shape index (κ3) is 34.1. The Bertz CT molecular complexity index is 2430. The number of aliphatic hydroxyl groups excluding tert-OH is 1. The highest BCUT2D eigenvalue weighted by molar-refractivity contribution is 8.77. The largest absolute Gasteiger partial charge is 0.497 e. The third-order valence-electron chi connectivity index (χ3n) is 14.1. The average Bonchev–Trinajstić information content (AvgIpc) is 2.61. The lowest BCUT2D eigenvalue weighted by Gasteiger charge is -2.26. The van der Waals surface area contributed by atoms with Gasteiger partial charge in [-0.3, -0.25) is 19.2 Å². The fourth-order valence-corrected chi connectivity index (χ4v) is 13.0. The van der Waals surface area contributed by atoms with E-state index in [2.05, 4.69) is 63.8 Å². The predicted molar refractivity (Wildman–Crippen MR) is 360 cm³/mol. The maximum absolute atomic E-state index is 12.4. The molecule has 4 rings (SSSR count). The molecule has 19 heteroatoms. The van der Waals surface area contributed by atoms with Crippen LogP contribution in [0.3, 0.4) is 0 Å². The van der Waals surface area contributed by atoms with E-state index in [1.807, 2.05) is 112 Å². The van der Waals surface area contributed by atoms with E-state index in [4.69, 9.17) is 48.7 Å². The van der Waals surface area contributed by atoms with Gasteiger partial charge in [-0.05, 0) is 135 Å². The molecule has 4 aromatic carbocycles. The summed E-state index contributed by atoms with van der Waals surface area (Å²) in [4.78, 5) is 50.3. The molecule has 0 aromatic heterocycles. The van der Waals surface area contributed by atoms with Gasteiger partial charge < -0.3 is 53.6 Å². The molecule has 0 saturated carbocycles. The summed E-state index contributed by atoms with van der Waals surface area (Å²) in [5.74, 6) is 6.59. The Kier molecular flexibility index (Phi) is 41.5. The second-order valence-electron chi connectivity index (χ2n) is 21.8. The number of rotatable bonds is 48. The van der Waals surface area contributed by atoms with Crippen LogP contribution >= 0.6 is 43.2 Å². The Morgan fingerprint density at radius 2 is 0.770 bits per heavy atom. The first-order valence-corrected chi connectivity index (χ1v) is 36.1. The van der Waals surface area contributed by atoms with Crippen LogP contribution in [0.2, 0.25) is 0 Å². The lowest BCUT2D eigenvalue weighted by molar-refractivity contribution is -0.146. The molecule has 0 aliphatic heterocycles. The summed E-state index contributed by atoms with van der Waals surface area (Å²) in [7, 11) is 9.18. The summed E-state index contributed by atoms with van der Waals surface area (Å²) < 4.78 is 43.9. The molecule has 0 aliphatic rings. The standard InChI is InChI=1S/C41H64N2O9S2.C27H38O4S2/c1-4-27-50-39(46)20-24-43(23-8-6-9-26-44)25-21-40(47)52-31-29-49-37-18-14-35(15-19-37)41(2,3)34-12-16-36(17-13-34)48-28-30-51-38(45)11-7-5-10-32-53-54-33-22-42;1-5-20-32-33-21-8-6-7-9-26(28)31-19-18-30-25-16-12-23(13-17-25)27(2,3)22-10-14-24(29-4)15-11-22/h12-19,44H,4-11,20-33,42H2,1-3H3;10-17H,5-9,18-21H2,1-4H3. The van der Waals surface area contributed by atoms with Gasteiger partial charge in [-0.25, -0.2) is 0 Å². The van der Waals surface area contributed by atoms with Gasteiger partial charge in [0.1, 0.15) is 62.6 Å². The van der Waals surface area contributed by atoms with E-state index in [0.717, 1.165) is 116 Å². The summed E-state index contributed by atoms with van der Waals surface area (Å²) in [6, 6.07) is 32.2. The van der Waals surface area contributed by atoms with Crippen molar-refractivity contribution < 1.29 is 62.2 Å². The van der Waals surface area contributed by atoms with E-state index in [1.165, 1.54) is 23.3 Å². The molecule has 0 bridgehead atoms. The topological polar surface area (TPSA) is 192 Å². The summed E-state index contributed by atoms with van der Waals surface area (Å²) >= 11 is 0. The first-order chi connectivity index (χ1) is 42.2. The number of nitrogens with two attached hydrogens (primary N) is 1. The molecule has 87 heavy (non-hydrogen) atoms. The van der Waals surface area contributed by atoms with Gasteiger partial charge >= 0.3 is 23.9 Å². The van der Waals surface area contributed by atoms with E-state index < -0.39 is 0 Å². The number of benzene rings is 4. The SMILES string of the molecule is CCCOC(=O)CCN(CCCCCO)CCC(=O)OCCOc1ccc(C(C)(C)c2ccc(OCCOC(=O)CCCCCSSCCN)cc2)cc1.CCCSSCCCCCC(=O)OCCOc1ccc(C(C)(C)c2ccc(OC)cc2)cc1. The normalized spacial score (nSPS) is 11.3. The number of carbonyl (C=O) groups excluding carboxylic acids is 4.